The standard InChI is InChI=1S/C11H14N2.ClH/c1-9-4-6-10(7-5-9)13-8-2-3-11(13)12;/h4-7,12H,2-3,8H2,1H3;1H. The van der Waals surface area contributed by atoms with Crippen LogP contribution >= 0.6 is 12.4 Å². The van der Waals surface area contributed by atoms with Crippen LogP contribution in [0.4, 0.5) is 5.69 Å². The third-order valence-electron chi connectivity index (χ3n) is 2.47. The first-order chi connectivity index (χ1) is 6.27. The van der Waals surface area contributed by atoms with Gasteiger partial charge in [0.1, 0.15) is 5.84 Å². The van der Waals surface area contributed by atoms with Crippen molar-refractivity contribution in [1.82, 2.24) is 0 Å². The fourth-order valence-corrected chi connectivity index (χ4v) is 1.68. The maximum absolute atomic E-state index is 7.72. The van der Waals surface area contributed by atoms with Gasteiger partial charge >= 0.3 is 0 Å². The summed E-state index contributed by atoms with van der Waals surface area (Å²) in [6.07, 6.45) is 2.04. The number of hydrogen-bond donors (Lipinski definition) is 1. The largest absolute Gasteiger partial charge is 0.330 e. The molecule has 14 heavy (non-hydrogen) atoms. The lowest BCUT2D eigenvalue weighted by Crippen LogP contribution is -2.22. The van der Waals surface area contributed by atoms with E-state index in [0.29, 0.717) is 0 Å². The topological polar surface area (TPSA) is 27.1 Å². The molecule has 0 saturated carbocycles. The quantitative estimate of drug-likeness (QED) is 0.758. The average Bonchev–Trinajstić information content (AvgIpc) is 2.53. The van der Waals surface area contributed by atoms with Crippen LogP contribution in [-0.2, 0) is 0 Å². The Morgan fingerprint density at radius 1 is 1.21 bits per heavy atom. The predicted octanol–water partition coefficient (Wildman–Crippen LogP) is 2.99. The first-order valence-electron chi connectivity index (χ1n) is 4.69. The Labute approximate surface area is 90.8 Å². The summed E-state index contributed by atoms with van der Waals surface area (Å²) in [7, 11) is 0. The van der Waals surface area contributed by atoms with Crippen molar-refractivity contribution in [3.8, 4) is 0 Å². The van der Waals surface area contributed by atoms with E-state index in [9.17, 15) is 0 Å². The summed E-state index contributed by atoms with van der Waals surface area (Å²) in [6.45, 7) is 3.08. The van der Waals surface area contributed by atoms with Crippen molar-refractivity contribution in [1.29, 1.82) is 5.41 Å². The third-order valence-corrected chi connectivity index (χ3v) is 2.47. The van der Waals surface area contributed by atoms with Crippen molar-refractivity contribution >= 4 is 23.9 Å². The molecule has 0 aliphatic carbocycles. The molecule has 1 aromatic carbocycles. The highest BCUT2D eigenvalue weighted by Gasteiger charge is 2.17. The molecule has 1 heterocycles. The molecule has 0 radical (unpaired) electrons. The molecule has 2 nitrogen and oxygen atoms in total. The molecule has 0 aromatic heterocycles. The van der Waals surface area contributed by atoms with E-state index in [1.807, 2.05) is 0 Å². The molecule has 0 spiro atoms. The molecular formula is C11H15ClN2. The van der Waals surface area contributed by atoms with E-state index in [4.69, 9.17) is 5.41 Å². The van der Waals surface area contributed by atoms with Crippen molar-refractivity contribution < 1.29 is 0 Å². The van der Waals surface area contributed by atoms with Gasteiger partial charge < -0.3 is 4.90 Å². The van der Waals surface area contributed by atoms with Gasteiger partial charge in [0, 0.05) is 18.7 Å². The fraction of sp³-hybridized carbons (Fsp3) is 0.364. The molecule has 0 amide bonds. The van der Waals surface area contributed by atoms with Crippen LogP contribution in [0.25, 0.3) is 0 Å². The second kappa shape index (κ2) is 4.47. The van der Waals surface area contributed by atoms with E-state index in [-0.39, 0.29) is 12.4 Å². The molecule has 3 heteroatoms. The van der Waals surface area contributed by atoms with E-state index in [0.717, 1.165) is 30.9 Å². The van der Waals surface area contributed by atoms with Gasteiger partial charge in [-0.2, -0.15) is 0 Å². The Morgan fingerprint density at radius 2 is 1.86 bits per heavy atom. The number of nitrogens with zero attached hydrogens (tertiary/aromatic N) is 1. The number of rotatable bonds is 1. The molecule has 2 rings (SSSR count). The first-order valence-corrected chi connectivity index (χ1v) is 4.69. The summed E-state index contributed by atoms with van der Waals surface area (Å²) in [5.41, 5.74) is 2.43. The number of halogens is 1. The van der Waals surface area contributed by atoms with E-state index in [2.05, 4.69) is 36.1 Å². The smallest absolute Gasteiger partial charge is 0.100 e. The minimum absolute atomic E-state index is 0. The first kappa shape index (κ1) is 11.1. The molecule has 1 aromatic rings. The van der Waals surface area contributed by atoms with Gasteiger partial charge in [-0.15, -0.1) is 12.4 Å². The van der Waals surface area contributed by atoms with Crippen LogP contribution in [0.3, 0.4) is 0 Å². The van der Waals surface area contributed by atoms with Crippen molar-refractivity contribution in [2.24, 2.45) is 0 Å². The lowest BCUT2D eigenvalue weighted by atomic mass is 10.2. The predicted molar refractivity (Wildman–Crippen MR) is 62.7 cm³/mol. The van der Waals surface area contributed by atoms with E-state index in [1.54, 1.807) is 0 Å². The minimum Gasteiger partial charge on any atom is -0.330 e. The Hall–Kier alpha value is -1.02. The number of benzene rings is 1. The number of aryl methyl sites for hydroxylation is 1. The van der Waals surface area contributed by atoms with Gasteiger partial charge in [0.05, 0.1) is 0 Å². The van der Waals surface area contributed by atoms with Gasteiger partial charge in [0.2, 0.25) is 0 Å². The summed E-state index contributed by atoms with van der Waals surface area (Å²) in [5, 5.41) is 7.72. The van der Waals surface area contributed by atoms with Crippen molar-refractivity contribution in [3.05, 3.63) is 29.8 Å². The second-order valence-electron chi connectivity index (χ2n) is 3.54. The van der Waals surface area contributed by atoms with E-state index in [1.165, 1.54) is 5.56 Å². The minimum atomic E-state index is 0. The summed E-state index contributed by atoms with van der Waals surface area (Å²) in [5.74, 6) is 0.754. The molecular weight excluding hydrogens is 196 g/mol. The van der Waals surface area contributed by atoms with Crippen molar-refractivity contribution in [2.75, 3.05) is 11.4 Å². The third kappa shape index (κ3) is 2.07. The average molecular weight is 211 g/mol. The van der Waals surface area contributed by atoms with Crippen molar-refractivity contribution in [2.45, 2.75) is 19.8 Å². The van der Waals surface area contributed by atoms with Crippen LogP contribution in [0.15, 0.2) is 24.3 Å². The van der Waals surface area contributed by atoms with Crippen LogP contribution in [0.1, 0.15) is 18.4 Å². The summed E-state index contributed by atoms with van der Waals surface area (Å²) < 4.78 is 0. The molecule has 0 atom stereocenters. The maximum atomic E-state index is 7.72. The fourth-order valence-electron chi connectivity index (χ4n) is 1.68. The monoisotopic (exact) mass is 210 g/mol. The van der Waals surface area contributed by atoms with Gasteiger partial charge in [-0.25, -0.2) is 0 Å². The van der Waals surface area contributed by atoms with Gasteiger partial charge in [-0.05, 0) is 25.5 Å². The Bertz CT molecular complexity index is 319. The lowest BCUT2D eigenvalue weighted by molar-refractivity contribution is 0.956. The Balaban J connectivity index is 0.000000980. The van der Waals surface area contributed by atoms with E-state index < -0.39 is 0 Å². The van der Waals surface area contributed by atoms with Crippen LogP contribution in [0.5, 0.6) is 0 Å². The number of hydrogen-bond acceptors (Lipinski definition) is 1. The zero-order valence-corrected chi connectivity index (χ0v) is 9.10. The zero-order valence-electron chi connectivity index (χ0n) is 8.29. The van der Waals surface area contributed by atoms with Crippen LogP contribution < -0.4 is 4.90 Å². The normalized spacial score (nSPS) is 15.5. The lowest BCUT2D eigenvalue weighted by Gasteiger charge is -2.17. The van der Waals surface area contributed by atoms with Crippen LogP contribution in [0.2, 0.25) is 0 Å². The molecule has 0 bridgehead atoms. The summed E-state index contributed by atoms with van der Waals surface area (Å²) in [4.78, 5) is 2.08. The number of amidine groups is 1. The molecule has 1 aliphatic rings. The van der Waals surface area contributed by atoms with E-state index >= 15 is 0 Å². The van der Waals surface area contributed by atoms with Gasteiger partial charge in [0.15, 0.2) is 0 Å². The van der Waals surface area contributed by atoms with Crippen LogP contribution in [0, 0.1) is 12.3 Å². The zero-order chi connectivity index (χ0) is 9.26. The molecule has 1 N–H and O–H groups in total. The molecule has 1 saturated heterocycles. The number of nitrogens with one attached hydrogen (secondary N) is 1. The van der Waals surface area contributed by atoms with Gasteiger partial charge in [-0.3, -0.25) is 5.41 Å². The highest BCUT2D eigenvalue weighted by atomic mass is 35.5. The maximum Gasteiger partial charge on any atom is 0.100 e. The molecule has 76 valence electrons. The molecule has 1 fully saturated rings. The highest BCUT2D eigenvalue weighted by molar-refractivity contribution is 5.97. The van der Waals surface area contributed by atoms with Crippen LogP contribution in [-0.4, -0.2) is 12.4 Å². The highest BCUT2D eigenvalue weighted by Crippen LogP contribution is 2.21. The van der Waals surface area contributed by atoms with Crippen molar-refractivity contribution in [3.63, 3.8) is 0 Å². The number of anilines is 1. The molecule has 1 aliphatic heterocycles. The Kier molecular flexibility index (Phi) is 3.53. The SMILES string of the molecule is Cc1ccc(N2CCCC2=N)cc1.Cl. The van der Waals surface area contributed by atoms with Gasteiger partial charge in [0.25, 0.3) is 0 Å². The Morgan fingerprint density at radius 3 is 2.36 bits per heavy atom. The molecule has 0 unspecified atom stereocenters. The summed E-state index contributed by atoms with van der Waals surface area (Å²) >= 11 is 0. The van der Waals surface area contributed by atoms with Gasteiger partial charge in [-0.1, -0.05) is 17.7 Å². The summed E-state index contributed by atoms with van der Waals surface area (Å²) in [6, 6.07) is 8.38. The second-order valence-corrected chi connectivity index (χ2v) is 3.54.